The third-order valence-corrected chi connectivity index (χ3v) is 4.73. The highest BCUT2D eigenvalue weighted by Gasteiger charge is 2.29. The van der Waals surface area contributed by atoms with Crippen LogP contribution in [0.1, 0.15) is 15.9 Å². The van der Waals surface area contributed by atoms with Gasteiger partial charge >= 0.3 is 6.61 Å². The molecule has 2 rings (SSSR count). The molecule has 0 saturated heterocycles. The Labute approximate surface area is 167 Å². The summed E-state index contributed by atoms with van der Waals surface area (Å²) in [5.74, 6) is -0.943. The molecule has 2 unspecified atom stereocenters. The highest BCUT2D eigenvalue weighted by molar-refractivity contribution is 7.88. The van der Waals surface area contributed by atoms with Crippen LogP contribution < -0.4 is 10.0 Å². The second kappa shape index (κ2) is 10.3. The van der Waals surface area contributed by atoms with Crippen molar-refractivity contribution in [1.82, 2.24) is 10.0 Å². The molecule has 29 heavy (non-hydrogen) atoms. The first kappa shape index (κ1) is 22.7. The summed E-state index contributed by atoms with van der Waals surface area (Å²) in [6, 6.07) is 13.2. The van der Waals surface area contributed by atoms with Crippen molar-refractivity contribution in [2.45, 2.75) is 25.2 Å². The topological polar surface area (TPSA) is 105 Å². The van der Waals surface area contributed by atoms with Crippen LogP contribution in [0.25, 0.3) is 0 Å². The van der Waals surface area contributed by atoms with E-state index in [1.807, 2.05) is 0 Å². The van der Waals surface area contributed by atoms with Gasteiger partial charge in [-0.05, 0) is 17.7 Å². The number of benzene rings is 2. The van der Waals surface area contributed by atoms with Gasteiger partial charge in [-0.2, -0.15) is 8.78 Å². The van der Waals surface area contributed by atoms with E-state index in [9.17, 15) is 27.1 Å². The number of carbonyl (C=O) groups is 1. The van der Waals surface area contributed by atoms with Crippen LogP contribution in [0.2, 0.25) is 0 Å². The molecule has 7 nitrogen and oxygen atoms in total. The molecule has 0 radical (unpaired) electrons. The van der Waals surface area contributed by atoms with Gasteiger partial charge in [-0.15, -0.1) is 0 Å². The maximum absolute atomic E-state index is 13.0. The molecular weight excluding hydrogens is 406 g/mol. The van der Waals surface area contributed by atoms with Gasteiger partial charge in [-0.1, -0.05) is 42.5 Å². The number of ether oxygens (including phenoxy) is 1. The lowest BCUT2D eigenvalue weighted by Crippen LogP contribution is -2.52. The zero-order valence-electron chi connectivity index (χ0n) is 15.6. The maximum atomic E-state index is 13.0. The van der Waals surface area contributed by atoms with Crippen molar-refractivity contribution >= 4 is 15.9 Å². The molecular formula is C19H22F2N2O5S. The fourth-order valence-corrected chi connectivity index (χ4v) is 3.54. The molecule has 0 fully saturated rings. The molecule has 10 heteroatoms. The van der Waals surface area contributed by atoms with Gasteiger partial charge in [0.2, 0.25) is 10.0 Å². The van der Waals surface area contributed by atoms with Crippen LogP contribution in [0.5, 0.6) is 5.75 Å². The van der Waals surface area contributed by atoms with Crippen LogP contribution >= 0.6 is 0 Å². The van der Waals surface area contributed by atoms with E-state index in [-0.39, 0.29) is 24.3 Å². The van der Waals surface area contributed by atoms with Crippen LogP contribution in [0, 0.1) is 0 Å². The number of hydrogen-bond acceptors (Lipinski definition) is 5. The fourth-order valence-electron chi connectivity index (χ4n) is 2.75. The summed E-state index contributed by atoms with van der Waals surface area (Å²) in [5, 5.41) is 12.2. The van der Waals surface area contributed by atoms with Gasteiger partial charge in [-0.25, -0.2) is 13.1 Å². The van der Waals surface area contributed by atoms with Crippen LogP contribution in [0.15, 0.2) is 54.6 Å². The number of hydrogen-bond donors (Lipinski definition) is 3. The van der Waals surface area contributed by atoms with E-state index in [1.165, 1.54) is 18.2 Å². The summed E-state index contributed by atoms with van der Waals surface area (Å²) in [4.78, 5) is 12.3. The normalized spacial score (nSPS) is 13.8. The highest BCUT2D eigenvalue weighted by Crippen LogP contribution is 2.16. The second-order valence-electron chi connectivity index (χ2n) is 6.35. The van der Waals surface area contributed by atoms with Crippen LogP contribution in [-0.2, 0) is 21.2 Å². The fraction of sp³-hybridized carbons (Fsp3) is 0.316. The van der Waals surface area contributed by atoms with E-state index < -0.39 is 34.7 Å². The number of nitrogens with one attached hydrogen (secondary N) is 2. The standard InChI is InChI=1S/C19H22F2N2O5S/c1-29(26,27)23-15(12-22-18(25)14-9-5-6-10-16(14)24)17(28-19(20)21)11-13-7-3-2-4-8-13/h2-10,15,17,19,23-24H,11-12H2,1H3,(H,22,25). The lowest BCUT2D eigenvalue weighted by Gasteiger charge is -2.27. The quantitative estimate of drug-likeness (QED) is 0.536. The Kier molecular flexibility index (Phi) is 8.06. The molecule has 0 heterocycles. The SMILES string of the molecule is CS(=O)(=O)NC(CNC(=O)c1ccccc1O)C(Cc1ccccc1)OC(F)F. The van der Waals surface area contributed by atoms with Crippen molar-refractivity contribution in [3.05, 3.63) is 65.7 Å². The van der Waals surface area contributed by atoms with Gasteiger partial charge in [0, 0.05) is 13.0 Å². The van der Waals surface area contributed by atoms with Crippen LogP contribution in [-0.4, -0.2) is 51.0 Å². The molecule has 3 N–H and O–H groups in total. The van der Waals surface area contributed by atoms with Gasteiger partial charge in [0.15, 0.2) is 0 Å². The van der Waals surface area contributed by atoms with Crippen molar-refractivity contribution in [2.24, 2.45) is 0 Å². The van der Waals surface area contributed by atoms with Crippen molar-refractivity contribution in [3.8, 4) is 5.75 Å². The Balaban J connectivity index is 2.20. The van der Waals surface area contributed by atoms with Crippen molar-refractivity contribution in [1.29, 1.82) is 0 Å². The van der Waals surface area contributed by atoms with Crippen molar-refractivity contribution in [3.63, 3.8) is 0 Å². The molecule has 0 spiro atoms. The van der Waals surface area contributed by atoms with Gasteiger partial charge in [-0.3, -0.25) is 4.79 Å². The second-order valence-corrected chi connectivity index (χ2v) is 8.13. The van der Waals surface area contributed by atoms with E-state index in [0.29, 0.717) is 5.56 Å². The molecule has 2 aromatic rings. The van der Waals surface area contributed by atoms with Gasteiger partial charge in [0.05, 0.1) is 24.0 Å². The smallest absolute Gasteiger partial charge is 0.345 e. The monoisotopic (exact) mass is 428 g/mol. The number of sulfonamides is 1. The molecule has 0 saturated carbocycles. The third kappa shape index (κ3) is 7.76. The van der Waals surface area contributed by atoms with Crippen molar-refractivity contribution in [2.75, 3.05) is 12.8 Å². The molecule has 1 amide bonds. The Morgan fingerprint density at radius 3 is 2.31 bits per heavy atom. The van der Waals surface area contributed by atoms with E-state index >= 15 is 0 Å². The number of para-hydroxylation sites is 1. The molecule has 2 atom stereocenters. The van der Waals surface area contributed by atoms with Crippen LogP contribution in [0.3, 0.4) is 0 Å². The van der Waals surface area contributed by atoms with Gasteiger partial charge in [0.25, 0.3) is 5.91 Å². The minimum atomic E-state index is -3.79. The minimum Gasteiger partial charge on any atom is -0.507 e. The average molecular weight is 428 g/mol. The Bertz CT molecular complexity index is 910. The first-order valence-electron chi connectivity index (χ1n) is 8.66. The zero-order chi connectivity index (χ0) is 21.4. The van der Waals surface area contributed by atoms with E-state index in [4.69, 9.17) is 0 Å². The first-order chi connectivity index (χ1) is 13.7. The van der Waals surface area contributed by atoms with Crippen LogP contribution in [0.4, 0.5) is 8.78 Å². The molecule has 158 valence electrons. The molecule has 0 aromatic heterocycles. The number of halogens is 2. The Hall–Kier alpha value is -2.56. The number of rotatable bonds is 10. The van der Waals surface area contributed by atoms with Gasteiger partial charge < -0.3 is 15.2 Å². The average Bonchev–Trinajstić information content (AvgIpc) is 2.64. The predicted molar refractivity (Wildman–Crippen MR) is 103 cm³/mol. The highest BCUT2D eigenvalue weighted by atomic mass is 32.2. The summed E-state index contributed by atoms with van der Waals surface area (Å²) in [7, 11) is -3.79. The number of amides is 1. The number of carbonyl (C=O) groups excluding carboxylic acids is 1. The van der Waals surface area contributed by atoms with E-state index in [0.717, 1.165) is 6.26 Å². The Morgan fingerprint density at radius 2 is 1.72 bits per heavy atom. The summed E-state index contributed by atoms with van der Waals surface area (Å²) >= 11 is 0. The molecule has 0 aliphatic carbocycles. The molecule has 0 bridgehead atoms. The number of phenolic OH excluding ortho intramolecular Hbond substituents is 1. The zero-order valence-corrected chi connectivity index (χ0v) is 16.4. The number of phenols is 1. The number of alkyl halides is 2. The molecule has 0 aliphatic rings. The third-order valence-electron chi connectivity index (χ3n) is 4.00. The lowest BCUT2D eigenvalue weighted by molar-refractivity contribution is -0.168. The minimum absolute atomic E-state index is 0.00910. The van der Waals surface area contributed by atoms with Crippen molar-refractivity contribution < 1.29 is 31.8 Å². The summed E-state index contributed by atoms with van der Waals surface area (Å²) < 4.78 is 56.4. The Morgan fingerprint density at radius 1 is 1.10 bits per heavy atom. The number of aromatic hydroxyl groups is 1. The van der Waals surface area contributed by atoms with E-state index in [1.54, 1.807) is 36.4 Å². The molecule has 0 aliphatic heterocycles. The summed E-state index contributed by atoms with van der Waals surface area (Å²) in [6.07, 6.45) is -0.380. The predicted octanol–water partition coefficient (Wildman–Crippen LogP) is 1.89. The summed E-state index contributed by atoms with van der Waals surface area (Å²) in [5.41, 5.74) is 0.630. The summed E-state index contributed by atoms with van der Waals surface area (Å²) in [6.45, 7) is -3.47. The first-order valence-corrected chi connectivity index (χ1v) is 10.6. The van der Waals surface area contributed by atoms with Gasteiger partial charge in [0.1, 0.15) is 5.75 Å². The largest absolute Gasteiger partial charge is 0.507 e. The maximum Gasteiger partial charge on any atom is 0.345 e. The van der Waals surface area contributed by atoms with E-state index in [2.05, 4.69) is 14.8 Å². The lowest BCUT2D eigenvalue weighted by atomic mass is 10.0. The molecule has 2 aromatic carbocycles.